The molecule has 1 fully saturated rings. The van der Waals surface area contributed by atoms with Crippen molar-refractivity contribution in [2.75, 3.05) is 32.8 Å². The number of nitrogens with one attached hydrogen (secondary N) is 1. The second-order valence-corrected chi connectivity index (χ2v) is 4.26. The van der Waals surface area contributed by atoms with E-state index in [0.29, 0.717) is 19.2 Å². The fourth-order valence-electron chi connectivity index (χ4n) is 2.22. The molecule has 94 valence electrons. The lowest BCUT2D eigenvalue weighted by molar-refractivity contribution is -0.145. The number of nitrogens with zero attached hydrogens (tertiary/aromatic N) is 1. The van der Waals surface area contributed by atoms with E-state index in [2.05, 4.69) is 17.1 Å². The van der Waals surface area contributed by atoms with Gasteiger partial charge in [0.2, 0.25) is 0 Å². The maximum atomic E-state index is 11.5. The standard InChI is InChI=1S/C12H24N2O2/c1-3-9-14(10-12(15)16-4-2)11-5-7-13-8-6-11/h11,13H,3-10H2,1-2H3. The number of carbonyl (C=O) groups excluding carboxylic acids is 1. The van der Waals surface area contributed by atoms with Crippen LogP contribution < -0.4 is 5.32 Å². The molecule has 0 saturated carbocycles. The van der Waals surface area contributed by atoms with E-state index in [0.717, 1.165) is 38.9 Å². The second-order valence-electron chi connectivity index (χ2n) is 4.26. The first-order valence-corrected chi connectivity index (χ1v) is 6.38. The van der Waals surface area contributed by atoms with E-state index >= 15 is 0 Å². The van der Waals surface area contributed by atoms with E-state index in [4.69, 9.17) is 4.74 Å². The van der Waals surface area contributed by atoms with E-state index in [1.54, 1.807) is 0 Å². The minimum absolute atomic E-state index is 0.0884. The predicted octanol–water partition coefficient (Wildman–Crippen LogP) is 1.01. The van der Waals surface area contributed by atoms with Crippen LogP contribution in [0, 0.1) is 0 Å². The molecule has 0 bridgehead atoms. The summed E-state index contributed by atoms with van der Waals surface area (Å²) in [5.41, 5.74) is 0. The Labute approximate surface area is 98.3 Å². The fourth-order valence-corrected chi connectivity index (χ4v) is 2.22. The third-order valence-electron chi connectivity index (χ3n) is 2.97. The molecule has 1 heterocycles. The predicted molar refractivity (Wildman–Crippen MR) is 64.4 cm³/mol. The summed E-state index contributed by atoms with van der Waals surface area (Å²) in [6.07, 6.45) is 3.36. The molecule has 1 aliphatic heterocycles. The average Bonchev–Trinajstić information content (AvgIpc) is 2.30. The van der Waals surface area contributed by atoms with Gasteiger partial charge in [0.25, 0.3) is 0 Å². The molecule has 1 aliphatic rings. The molecule has 4 heteroatoms. The fraction of sp³-hybridized carbons (Fsp3) is 0.917. The Kier molecular flexibility index (Phi) is 6.42. The largest absolute Gasteiger partial charge is 0.465 e. The average molecular weight is 228 g/mol. The van der Waals surface area contributed by atoms with Crippen LogP contribution in [0.4, 0.5) is 0 Å². The Morgan fingerprint density at radius 1 is 1.38 bits per heavy atom. The van der Waals surface area contributed by atoms with E-state index in [1.165, 1.54) is 0 Å². The van der Waals surface area contributed by atoms with Crippen molar-refractivity contribution in [1.29, 1.82) is 0 Å². The second kappa shape index (κ2) is 7.63. The van der Waals surface area contributed by atoms with E-state index in [-0.39, 0.29) is 5.97 Å². The first-order chi connectivity index (χ1) is 7.77. The zero-order chi connectivity index (χ0) is 11.8. The number of carbonyl (C=O) groups is 1. The van der Waals surface area contributed by atoms with Crippen molar-refractivity contribution in [1.82, 2.24) is 10.2 Å². The van der Waals surface area contributed by atoms with Gasteiger partial charge < -0.3 is 10.1 Å². The summed E-state index contributed by atoms with van der Waals surface area (Å²) in [5, 5.41) is 3.35. The first kappa shape index (κ1) is 13.5. The summed E-state index contributed by atoms with van der Waals surface area (Å²) in [6.45, 7) is 8.05. The molecule has 0 aromatic carbocycles. The molecule has 0 radical (unpaired) electrons. The lowest BCUT2D eigenvalue weighted by atomic mass is 10.0. The highest BCUT2D eigenvalue weighted by molar-refractivity contribution is 5.71. The van der Waals surface area contributed by atoms with Crippen molar-refractivity contribution in [2.24, 2.45) is 0 Å². The van der Waals surface area contributed by atoms with Crippen molar-refractivity contribution in [3.05, 3.63) is 0 Å². The van der Waals surface area contributed by atoms with Gasteiger partial charge in [0, 0.05) is 6.04 Å². The van der Waals surface area contributed by atoms with Crippen LogP contribution >= 0.6 is 0 Å². The summed E-state index contributed by atoms with van der Waals surface area (Å²) in [5.74, 6) is -0.0884. The van der Waals surface area contributed by atoms with Gasteiger partial charge in [-0.1, -0.05) is 6.92 Å². The number of hydrogen-bond acceptors (Lipinski definition) is 4. The summed E-state index contributed by atoms with van der Waals surface area (Å²) in [7, 11) is 0. The molecule has 1 rings (SSSR count). The van der Waals surface area contributed by atoms with Gasteiger partial charge >= 0.3 is 5.97 Å². The van der Waals surface area contributed by atoms with E-state index in [9.17, 15) is 4.79 Å². The molecule has 0 aromatic heterocycles. The van der Waals surface area contributed by atoms with Gasteiger partial charge in [0.15, 0.2) is 0 Å². The van der Waals surface area contributed by atoms with Gasteiger partial charge in [-0.2, -0.15) is 0 Å². The summed E-state index contributed by atoms with van der Waals surface area (Å²) >= 11 is 0. The van der Waals surface area contributed by atoms with Gasteiger partial charge in [0.05, 0.1) is 13.2 Å². The van der Waals surface area contributed by atoms with Crippen molar-refractivity contribution in [2.45, 2.75) is 39.2 Å². The number of piperidine rings is 1. The van der Waals surface area contributed by atoms with Crippen LogP contribution in [0.2, 0.25) is 0 Å². The Hall–Kier alpha value is -0.610. The van der Waals surface area contributed by atoms with Crippen LogP contribution in [-0.4, -0.2) is 49.7 Å². The quantitative estimate of drug-likeness (QED) is 0.689. The number of hydrogen-bond donors (Lipinski definition) is 1. The minimum atomic E-state index is -0.0884. The number of ether oxygens (including phenoxy) is 1. The van der Waals surface area contributed by atoms with Gasteiger partial charge in [-0.15, -0.1) is 0 Å². The Bertz CT molecular complexity index is 203. The smallest absolute Gasteiger partial charge is 0.320 e. The van der Waals surface area contributed by atoms with Crippen LogP contribution in [-0.2, 0) is 9.53 Å². The van der Waals surface area contributed by atoms with Crippen LogP contribution in [0.1, 0.15) is 33.1 Å². The van der Waals surface area contributed by atoms with E-state index < -0.39 is 0 Å². The molecule has 0 unspecified atom stereocenters. The van der Waals surface area contributed by atoms with Crippen LogP contribution in [0.25, 0.3) is 0 Å². The third kappa shape index (κ3) is 4.49. The molecular weight excluding hydrogens is 204 g/mol. The van der Waals surface area contributed by atoms with Crippen molar-refractivity contribution in [3.8, 4) is 0 Å². The molecule has 1 saturated heterocycles. The van der Waals surface area contributed by atoms with Crippen molar-refractivity contribution >= 4 is 5.97 Å². The Morgan fingerprint density at radius 3 is 2.62 bits per heavy atom. The van der Waals surface area contributed by atoms with Crippen LogP contribution in [0.5, 0.6) is 0 Å². The SMILES string of the molecule is CCCN(CC(=O)OCC)C1CCNCC1. The van der Waals surface area contributed by atoms with Gasteiger partial charge in [-0.05, 0) is 45.8 Å². The highest BCUT2D eigenvalue weighted by Crippen LogP contribution is 2.12. The maximum Gasteiger partial charge on any atom is 0.320 e. The highest BCUT2D eigenvalue weighted by Gasteiger charge is 2.22. The molecule has 4 nitrogen and oxygen atoms in total. The molecule has 0 aliphatic carbocycles. The molecule has 0 aromatic rings. The molecule has 0 amide bonds. The lowest BCUT2D eigenvalue weighted by Gasteiger charge is -2.33. The van der Waals surface area contributed by atoms with E-state index in [1.807, 2.05) is 6.92 Å². The molecule has 0 atom stereocenters. The highest BCUT2D eigenvalue weighted by atomic mass is 16.5. The topological polar surface area (TPSA) is 41.6 Å². The molecule has 16 heavy (non-hydrogen) atoms. The third-order valence-corrected chi connectivity index (χ3v) is 2.97. The van der Waals surface area contributed by atoms with Crippen molar-refractivity contribution in [3.63, 3.8) is 0 Å². The summed E-state index contributed by atoms with van der Waals surface area (Å²) < 4.78 is 5.01. The van der Waals surface area contributed by atoms with Crippen LogP contribution in [0.15, 0.2) is 0 Å². The zero-order valence-electron chi connectivity index (χ0n) is 10.5. The monoisotopic (exact) mass is 228 g/mol. The lowest BCUT2D eigenvalue weighted by Crippen LogP contribution is -2.45. The molecule has 1 N–H and O–H groups in total. The molecule has 0 spiro atoms. The normalized spacial score (nSPS) is 17.7. The maximum absolute atomic E-state index is 11.5. The van der Waals surface area contributed by atoms with Gasteiger partial charge in [-0.3, -0.25) is 9.69 Å². The summed E-state index contributed by atoms with van der Waals surface area (Å²) in [4.78, 5) is 13.8. The van der Waals surface area contributed by atoms with Crippen molar-refractivity contribution < 1.29 is 9.53 Å². The molecular formula is C12H24N2O2. The number of rotatable bonds is 6. The number of esters is 1. The Balaban J connectivity index is 2.41. The van der Waals surface area contributed by atoms with Gasteiger partial charge in [-0.25, -0.2) is 0 Å². The zero-order valence-corrected chi connectivity index (χ0v) is 10.5. The first-order valence-electron chi connectivity index (χ1n) is 6.38. The van der Waals surface area contributed by atoms with Gasteiger partial charge in [0.1, 0.15) is 0 Å². The van der Waals surface area contributed by atoms with Crippen LogP contribution in [0.3, 0.4) is 0 Å². The summed E-state index contributed by atoms with van der Waals surface area (Å²) in [6, 6.07) is 0.547. The minimum Gasteiger partial charge on any atom is -0.465 e. The Morgan fingerprint density at radius 2 is 2.06 bits per heavy atom.